The maximum atomic E-state index is 5.52. The summed E-state index contributed by atoms with van der Waals surface area (Å²) in [6.07, 6.45) is 5.89. The Morgan fingerprint density at radius 3 is 2.93 bits per heavy atom. The Kier molecular flexibility index (Phi) is 4.42. The topological polar surface area (TPSA) is 24.5 Å². The average Bonchev–Trinajstić information content (AvgIpc) is 3.01. The summed E-state index contributed by atoms with van der Waals surface area (Å²) in [4.78, 5) is 2.53. The van der Waals surface area contributed by atoms with Gasteiger partial charge in [0.25, 0.3) is 0 Å². The molecule has 0 aromatic rings. The number of ether oxygens (including phenoxy) is 1. The molecular weight excluding hydrogens is 188 g/mol. The largest absolute Gasteiger partial charge is 0.376 e. The van der Waals surface area contributed by atoms with Gasteiger partial charge in [-0.05, 0) is 45.7 Å². The van der Waals surface area contributed by atoms with Crippen LogP contribution in [-0.4, -0.2) is 49.8 Å². The smallest absolute Gasteiger partial charge is 0.0674 e. The van der Waals surface area contributed by atoms with Gasteiger partial charge in [-0.1, -0.05) is 0 Å². The zero-order chi connectivity index (χ0) is 10.5. The number of nitrogens with one attached hydrogen (secondary N) is 1. The summed E-state index contributed by atoms with van der Waals surface area (Å²) in [5.41, 5.74) is 0. The Morgan fingerprint density at radius 1 is 1.33 bits per heavy atom. The molecule has 0 spiro atoms. The number of morpholine rings is 1. The van der Waals surface area contributed by atoms with Gasteiger partial charge in [-0.15, -0.1) is 0 Å². The second-order valence-electron chi connectivity index (χ2n) is 4.92. The molecule has 3 heteroatoms. The van der Waals surface area contributed by atoms with Gasteiger partial charge in [0.1, 0.15) is 0 Å². The molecule has 2 rings (SSSR count). The van der Waals surface area contributed by atoms with Crippen molar-refractivity contribution < 1.29 is 4.74 Å². The Morgan fingerprint density at radius 2 is 2.20 bits per heavy atom. The van der Waals surface area contributed by atoms with Crippen molar-refractivity contribution in [3.8, 4) is 0 Å². The van der Waals surface area contributed by atoms with Crippen molar-refractivity contribution in [2.75, 3.05) is 32.8 Å². The van der Waals surface area contributed by atoms with Gasteiger partial charge in [0, 0.05) is 19.1 Å². The maximum absolute atomic E-state index is 5.52. The molecule has 0 aromatic carbocycles. The molecule has 0 amide bonds. The third kappa shape index (κ3) is 4.49. The average molecular weight is 212 g/mol. The van der Waals surface area contributed by atoms with Gasteiger partial charge >= 0.3 is 0 Å². The van der Waals surface area contributed by atoms with E-state index in [2.05, 4.69) is 17.1 Å². The lowest BCUT2D eigenvalue weighted by atomic mass is 10.2. The minimum Gasteiger partial charge on any atom is -0.376 e. The second kappa shape index (κ2) is 5.83. The molecule has 1 aliphatic carbocycles. The fraction of sp³-hybridized carbons (Fsp3) is 1.00. The predicted molar refractivity (Wildman–Crippen MR) is 62.1 cm³/mol. The second-order valence-corrected chi connectivity index (χ2v) is 4.92. The van der Waals surface area contributed by atoms with Gasteiger partial charge in [-0.25, -0.2) is 0 Å². The van der Waals surface area contributed by atoms with Crippen LogP contribution in [0.5, 0.6) is 0 Å². The summed E-state index contributed by atoms with van der Waals surface area (Å²) < 4.78 is 5.52. The van der Waals surface area contributed by atoms with Crippen LogP contribution in [0, 0.1) is 0 Å². The fourth-order valence-electron chi connectivity index (χ4n) is 2.15. The number of rotatable bonds is 6. The van der Waals surface area contributed by atoms with E-state index in [0.717, 1.165) is 25.7 Å². The molecular formula is C12H24N2O. The molecule has 1 saturated carbocycles. The quantitative estimate of drug-likeness (QED) is 0.670. The highest BCUT2D eigenvalue weighted by Gasteiger charge is 2.19. The minimum absolute atomic E-state index is 0.434. The highest BCUT2D eigenvalue weighted by Crippen LogP contribution is 2.18. The molecule has 2 aliphatic rings. The van der Waals surface area contributed by atoms with Gasteiger partial charge in [0.05, 0.1) is 12.7 Å². The van der Waals surface area contributed by atoms with Gasteiger partial charge in [-0.2, -0.15) is 0 Å². The molecule has 2 fully saturated rings. The van der Waals surface area contributed by atoms with Gasteiger partial charge < -0.3 is 10.1 Å². The van der Waals surface area contributed by atoms with Crippen molar-refractivity contribution in [1.82, 2.24) is 10.2 Å². The van der Waals surface area contributed by atoms with Gasteiger partial charge in [0.2, 0.25) is 0 Å². The van der Waals surface area contributed by atoms with Crippen LogP contribution in [0.25, 0.3) is 0 Å². The van der Waals surface area contributed by atoms with E-state index in [9.17, 15) is 0 Å². The molecule has 1 heterocycles. The summed E-state index contributed by atoms with van der Waals surface area (Å²) in [5.74, 6) is 0. The summed E-state index contributed by atoms with van der Waals surface area (Å²) >= 11 is 0. The molecule has 3 nitrogen and oxygen atoms in total. The summed E-state index contributed by atoms with van der Waals surface area (Å²) in [5, 5.41) is 3.56. The van der Waals surface area contributed by atoms with E-state index < -0.39 is 0 Å². The van der Waals surface area contributed by atoms with Crippen LogP contribution >= 0.6 is 0 Å². The minimum atomic E-state index is 0.434. The first-order chi connectivity index (χ1) is 7.34. The Hall–Kier alpha value is -0.120. The van der Waals surface area contributed by atoms with Crippen LogP contribution in [0.4, 0.5) is 0 Å². The molecule has 1 atom stereocenters. The Labute approximate surface area is 93.2 Å². The van der Waals surface area contributed by atoms with Crippen LogP contribution < -0.4 is 5.32 Å². The van der Waals surface area contributed by atoms with Crippen LogP contribution in [-0.2, 0) is 4.74 Å². The third-order valence-electron chi connectivity index (χ3n) is 3.24. The molecule has 0 radical (unpaired) electrons. The molecule has 1 N–H and O–H groups in total. The zero-order valence-electron chi connectivity index (χ0n) is 9.87. The molecule has 1 unspecified atom stereocenters. The Balaban J connectivity index is 1.45. The van der Waals surface area contributed by atoms with E-state index >= 15 is 0 Å². The first-order valence-electron chi connectivity index (χ1n) is 6.42. The molecule has 88 valence electrons. The van der Waals surface area contributed by atoms with E-state index in [0.29, 0.717) is 6.10 Å². The lowest BCUT2D eigenvalue weighted by molar-refractivity contribution is -0.0185. The molecule has 0 bridgehead atoms. The molecule has 1 saturated heterocycles. The highest BCUT2D eigenvalue weighted by molar-refractivity contribution is 4.80. The van der Waals surface area contributed by atoms with E-state index in [4.69, 9.17) is 4.74 Å². The normalized spacial score (nSPS) is 28.2. The van der Waals surface area contributed by atoms with Crippen molar-refractivity contribution in [1.29, 1.82) is 0 Å². The summed E-state index contributed by atoms with van der Waals surface area (Å²) in [6, 6.07) is 0.869. The van der Waals surface area contributed by atoms with Crippen LogP contribution in [0.3, 0.4) is 0 Å². The number of nitrogens with zero attached hydrogens (tertiary/aromatic N) is 1. The van der Waals surface area contributed by atoms with Crippen molar-refractivity contribution >= 4 is 0 Å². The summed E-state index contributed by atoms with van der Waals surface area (Å²) in [6.45, 7) is 7.79. The van der Waals surface area contributed by atoms with Crippen molar-refractivity contribution in [2.45, 2.75) is 44.8 Å². The molecule has 1 aliphatic heterocycles. The monoisotopic (exact) mass is 212 g/mol. The lowest BCUT2D eigenvalue weighted by Gasteiger charge is -2.30. The van der Waals surface area contributed by atoms with E-state index in [1.165, 1.54) is 38.8 Å². The number of hydrogen-bond acceptors (Lipinski definition) is 3. The van der Waals surface area contributed by atoms with Gasteiger partial charge in [-0.3, -0.25) is 4.90 Å². The van der Waals surface area contributed by atoms with Gasteiger partial charge in [0.15, 0.2) is 0 Å². The standard InChI is InChI=1S/C12H24N2O/c1-11-10-14(8-9-15-11)7-3-2-6-13-12-4-5-12/h11-13H,2-10H2,1H3. The summed E-state index contributed by atoms with van der Waals surface area (Å²) in [7, 11) is 0. The van der Waals surface area contributed by atoms with Crippen molar-refractivity contribution in [3.05, 3.63) is 0 Å². The van der Waals surface area contributed by atoms with Crippen LogP contribution in [0.2, 0.25) is 0 Å². The van der Waals surface area contributed by atoms with Crippen LogP contribution in [0.15, 0.2) is 0 Å². The van der Waals surface area contributed by atoms with Crippen LogP contribution in [0.1, 0.15) is 32.6 Å². The Bertz CT molecular complexity index is 182. The number of unbranched alkanes of at least 4 members (excludes halogenated alkanes) is 1. The molecule has 15 heavy (non-hydrogen) atoms. The predicted octanol–water partition coefficient (Wildman–Crippen LogP) is 1.24. The molecule has 0 aromatic heterocycles. The first kappa shape index (κ1) is 11.4. The zero-order valence-corrected chi connectivity index (χ0v) is 9.87. The number of hydrogen-bond donors (Lipinski definition) is 1. The van der Waals surface area contributed by atoms with Crippen molar-refractivity contribution in [2.24, 2.45) is 0 Å². The van der Waals surface area contributed by atoms with E-state index in [1.807, 2.05) is 0 Å². The van der Waals surface area contributed by atoms with E-state index in [1.54, 1.807) is 0 Å². The maximum Gasteiger partial charge on any atom is 0.0674 e. The fourth-order valence-corrected chi connectivity index (χ4v) is 2.15. The lowest BCUT2D eigenvalue weighted by Crippen LogP contribution is -2.41. The third-order valence-corrected chi connectivity index (χ3v) is 3.24. The highest BCUT2D eigenvalue weighted by atomic mass is 16.5. The first-order valence-corrected chi connectivity index (χ1v) is 6.42. The van der Waals surface area contributed by atoms with Crippen molar-refractivity contribution in [3.63, 3.8) is 0 Å². The SMILES string of the molecule is CC1CN(CCCCNC2CC2)CCO1. The van der Waals surface area contributed by atoms with E-state index in [-0.39, 0.29) is 0 Å².